The van der Waals surface area contributed by atoms with Crippen LogP contribution in [0.1, 0.15) is 23.7 Å². The van der Waals surface area contributed by atoms with Gasteiger partial charge in [0.1, 0.15) is 5.78 Å². The third-order valence-electron chi connectivity index (χ3n) is 1.85. The van der Waals surface area contributed by atoms with E-state index in [1.54, 1.807) is 18.2 Å². The summed E-state index contributed by atoms with van der Waals surface area (Å²) < 4.78 is 0. The standard InChI is InChI=1S/C10H12N2O2/c1-6(13)5-9(14)7-3-2-4-8(11)10(7)12/h2-4H,5,11-12H2,1H3. The predicted molar refractivity (Wildman–Crippen MR) is 54.9 cm³/mol. The van der Waals surface area contributed by atoms with Gasteiger partial charge in [-0.05, 0) is 19.1 Å². The summed E-state index contributed by atoms with van der Waals surface area (Å²) in [6.07, 6.45) is -0.131. The second kappa shape index (κ2) is 3.91. The van der Waals surface area contributed by atoms with E-state index in [2.05, 4.69) is 0 Å². The van der Waals surface area contributed by atoms with Crippen molar-refractivity contribution in [2.45, 2.75) is 13.3 Å². The predicted octanol–water partition coefficient (Wildman–Crippen LogP) is 1.01. The van der Waals surface area contributed by atoms with Crippen LogP contribution in [0.25, 0.3) is 0 Å². The first kappa shape index (κ1) is 10.2. The molecule has 0 aromatic heterocycles. The van der Waals surface area contributed by atoms with E-state index in [0.717, 1.165) is 0 Å². The molecule has 0 saturated heterocycles. The van der Waals surface area contributed by atoms with Gasteiger partial charge in [0.2, 0.25) is 0 Å². The van der Waals surface area contributed by atoms with Crippen molar-refractivity contribution in [3.05, 3.63) is 23.8 Å². The average Bonchev–Trinajstić information content (AvgIpc) is 2.08. The Balaban J connectivity index is 3.01. The van der Waals surface area contributed by atoms with E-state index in [1.807, 2.05) is 0 Å². The topological polar surface area (TPSA) is 86.2 Å². The lowest BCUT2D eigenvalue weighted by Crippen LogP contribution is -2.09. The zero-order valence-electron chi connectivity index (χ0n) is 7.91. The van der Waals surface area contributed by atoms with Crippen molar-refractivity contribution in [2.24, 2.45) is 0 Å². The van der Waals surface area contributed by atoms with Crippen LogP contribution in [0.2, 0.25) is 0 Å². The molecule has 1 rings (SSSR count). The molecule has 4 N–H and O–H groups in total. The number of carbonyl (C=O) groups is 2. The van der Waals surface area contributed by atoms with Crippen molar-refractivity contribution in [1.29, 1.82) is 0 Å². The van der Waals surface area contributed by atoms with Crippen LogP contribution in [0.15, 0.2) is 18.2 Å². The minimum Gasteiger partial charge on any atom is -0.397 e. The lowest BCUT2D eigenvalue weighted by molar-refractivity contribution is -0.116. The fraction of sp³-hybridized carbons (Fsp3) is 0.200. The Bertz CT molecular complexity index is 386. The first-order valence-corrected chi connectivity index (χ1v) is 4.19. The molecule has 0 heterocycles. The average molecular weight is 192 g/mol. The van der Waals surface area contributed by atoms with Gasteiger partial charge in [0.25, 0.3) is 0 Å². The Morgan fingerprint density at radius 2 is 1.93 bits per heavy atom. The smallest absolute Gasteiger partial charge is 0.172 e. The molecule has 0 aliphatic carbocycles. The first-order valence-electron chi connectivity index (χ1n) is 4.19. The summed E-state index contributed by atoms with van der Waals surface area (Å²) >= 11 is 0. The molecule has 14 heavy (non-hydrogen) atoms. The van der Waals surface area contributed by atoms with Crippen LogP contribution in [0.4, 0.5) is 11.4 Å². The van der Waals surface area contributed by atoms with Gasteiger partial charge in [-0.3, -0.25) is 9.59 Å². The number of hydrogen-bond donors (Lipinski definition) is 2. The molecule has 0 unspecified atom stereocenters. The van der Waals surface area contributed by atoms with Gasteiger partial charge in [0, 0.05) is 5.56 Å². The molecule has 1 aromatic rings. The van der Waals surface area contributed by atoms with Crippen molar-refractivity contribution < 1.29 is 9.59 Å². The first-order chi connectivity index (χ1) is 6.52. The van der Waals surface area contributed by atoms with Crippen LogP contribution in [0.3, 0.4) is 0 Å². The van der Waals surface area contributed by atoms with E-state index in [1.165, 1.54) is 6.92 Å². The van der Waals surface area contributed by atoms with E-state index in [-0.39, 0.29) is 23.7 Å². The zero-order chi connectivity index (χ0) is 10.7. The molecule has 0 bridgehead atoms. The summed E-state index contributed by atoms with van der Waals surface area (Å²) in [7, 11) is 0. The third-order valence-corrected chi connectivity index (χ3v) is 1.85. The van der Waals surface area contributed by atoms with Crippen LogP contribution < -0.4 is 11.5 Å². The summed E-state index contributed by atoms with van der Waals surface area (Å²) in [6.45, 7) is 1.36. The summed E-state index contributed by atoms with van der Waals surface area (Å²) in [5.74, 6) is -0.473. The van der Waals surface area contributed by atoms with E-state index < -0.39 is 0 Å². The molecule has 1 aromatic carbocycles. The molecule has 0 radical (unpaired) electrons. The zero-order valence-corrected chi connectivity index (χ0v) is 7.91. The number of carbonyl (C=O) groups excluding carboxylic acids is 2. The highest BCUT2D eigenvalue weighted by Crippen LogP contribution is 2.20. The fourth-order valence-corrected chi connectivity index (χ4v) is 1.15. The van der Waals surface area contributed by atoms with Crippen LogP contribution in [0, 0.1) is 0 Å². The maximum atomic E-state index is 11.5. The Morgan fingerprint density at radius 1 is 1.29 bits per heavy atom. The molecule has 0 aliphatic rings. The highest BCUT2D eigenvalue weighted by atomic mass is 16.1. The number of ketones is 2. The largest absolute Gasteiger partial charge is 0.397 e. The SMILES string of the molecule is CC(=O)CC(=O)c1cccc(N)c1N. The van der Waals surface area contributed by atoms with Crippen molar-refractivity contribution >= 4 is 22.9 Å². The number of hydrogen-bond acceptors (Lipinski definition) is 4. The summed E-state index contributed by atoms with van der Waals surface area (Å²) in [5, 5.41) is 0. The molecular formula is C10H12N2O2. The van der Waals surface area contributed by atoms with Crippen molar-refractivity contribution in [3.8, 4) is 0 Å². The summed E-state index contributed by atoms with van der Waals surface area (Å²) in [6, 6.07) is 4.82. The molecule has 0 aliphatic heterocycles. The highest BCUT2D eigenvalue weighted by molar-refractivity contribution is 6.11. The van der Waals surface area contributed by atoms with Gasteiger partial charge in [-0.15, -0.1) is 0 Å². The van der Waals surface area contributed by atoms with Gasteiger partial charge in [0.15, 0.2) is 5.78 Å². The minimum absolute atomic E-state index is 0.131. The van der Waals surface area contributed by atoms with Gasteiger partial charge in [0.05, 0.1) is 17.8 Å². The normalized spacial score (nSPS) is 9.79. The number of benzene rings is 1. The Hall–Kier alpha value is -1.84. The third kappa shape index (κ3) is 2.10. The second-order valence-corrected chi connectivity index (χ2v) is 3.11. The lowest BCUT2D eigenvalue weighted by Gasteiger charge is -2.05. The summed E-state index contributed by atoms with van der Waals surface area (Å²) in [4.78, 5) is 22.2. The number of nitrogen functional groups attached to an aromatic ring is 2. The number of nitrogens with two attached hydrogens (primary N) is 2. The van der Waals surface area contributed by atoms with Crippen molar-refractivity contribution in [2.75, 3.05) is 11.5 Å². The van der Waals surface area contributed by atoms with Gasteiger partial charge in [-0.25, -0.2) is 0 Å². The summed E-state index contributed by atoms with van der Waals surface area (Å²) in [5.41, 5.74) is 12.1. The van der Waals surface area contributed by atoms with Gasteiger partial charge >= 0.3 is 0 Å². The minimum atomic E-state index is -0.290. The Morgan fingerprint density at radius 3 is 2.50 bits per heavy atom. The van der Waals surface area contributed by atoms with E-state index in [4.69, 9.17) is 11.5 Å². The van der Waals surface area contributed by atoms with Gasteiger partial charge in [-0.2, -0.15) is 0 Å². The lowest BCUT2D eigenvalue weighted by atomic mass is 10.0. The Labute approximate surface area is 81.9 Å². The molecule has 0 amide bonds. The molecule has 4 heteroatoms. The number of rotatable bonds is 3. The van der Waals surface area contributed by atoms with E-state index in [0.29, 0.717) is 11.3 Å². The maximum absolute atomic E-state index is 11.5. The molecule has 0 saturated carbocycles. The molecule has 74 valence electrons. The van der Waals surface area contributed by atoms with Crippen LogP contribution >= 0.6 is 0 Å². The number of para-hydroxylation sites is 1. The molecule has 0 atom stereocenters. The van der Waals surface area contributed by atoms with Gasteiger partial charge in [-0.1, -0.05) is 6.07 Å². The maximum Gasteiger partial charge on any atom is 0.172 e. The van der Waals surface area contributed by atoms with Crippen molar-refractivity contribution in [1.82, 2.24) is 0 Å². The molecule has 4 nitrogen and oxygen atoms in total. The quantitative estimate of drug-likeness (QED) is 0.425. The second-order valence-electron chi connectivity index (χ2n) is 3.11. The van der Waals surface area contributed by atoms with Crippen LogP contribution in [-0.2, 0) is 4.79 Å². The monoisotopic (exact) mass is 192 g/mol. The molecular weight excluding hydrogens is 180 g/mol. The molecule has 0 spiro atoms. The number of anilines is 2. The van der Waals surface area contributed by atoms with Crippen LogP contribution in [-0.4, -0.2) is 11.6 Å². The molecule has 0 fully saturated rings. The van der Waals surface area contributed by atoms with Gasteiger partial charge < -0.3 is 11.5 Å². The highest BCUT2D eigenvalue weighted by Gasteiger charge is 2.12. The van der Waals surface area contributed by atoms with E-state index >= 15 is 0 Å². The fourth-order valence-electron chi connectivity index (χ4n) is 1.15. The number of Topliss-reactive ketones (excluding diaryl/α,β-unsaturated/α-hetero) is 2. The van der Waals surface area contributed by atoms with Crippen molar-refractivity contribution in [3.63, 3.8) is 0 Å². The van der Waals surface area contributed by atoms with Crippen LogP contribution in [0.5, 0.6) is 0 Å². The van der Waals surface area contributed by atoms with E-state index in [9.17, 15) is 9.59 Å². The Kier molecular flexibility index (Phi) is 2.86.